The third kappa shape index (κ3) is 5.71. The number of carbonyl (C=O) groups excluding carboxylic acids is 1. The highest BCUT2D eigenvalue weighted by molar-refractivity contribution is 5.86. The third-order valence-electron chi connectivity index (χ3n) is 4.35. The van der Waals surface area contributed by atoms with Crippen LogP contribution in [-0.2, 0) is 4.74 Å². The van der Waals surface area contributed by atoms with E-state index >= 15 is 0 Å². The van der Waals surface area contributed by atoms with Gasteiger partial charge in [0.1, 0.15) is 11.9 Å². The fourth-order valence-electron chi connectivity index (χ4n) is 3.27. The van der Waals surface area contributed by atoms with Gasteiger partial charge in [0.2, 0.25) is 0 Å². The lowest BCUT2D eigenvalue weighted by Gasteiger charge is -2.31. The highest BCUT2D eigenvalue weighted by atomic mass is 16.6. The van der Waals surface area contributed by atoms with E-state index in [-0.39, 0.29) is 12.2 Å². The summed E-state index contributed by atoms with van der Waals surface area (Å²) in [5, 5.41) is 2.85. The molecule has 1 amide bonds. The summed E-state index contributed by atoms with van der Waals surface area (Å²) in [5.41, 5.74) is 0.668. The lowest BCUT2D eigenvalue weighted by atomic mass is 9.86. The van der Waals surface area contributed by atoms with Gasteiger partial charge in [-0.1, -0.05) is 25.5 Å². The highest BCUT2D eigenvalue weighted by Gasteiger charge is 2.30. The molecule has 2 rings (SSSR count). The Kier molecular flexibility index (Phi) is 7.37. The zero-order chi connectivity index (χ0) is 17.4. The second-order valence-corrected chi connectivity index (χ2v) is 6.87. The standard InChI is InChI=1S/C19H30N2O3/c1-4-13-23-18-12-8-6-10-16(18)20-19(22)24-17-11-7-5-9-15(17)14-21(2)3/h6,8,10,12,15,17H,4-5,7,9,11,13-14H2,1-3H3,(H,20,22)/p+1/t15-,17-/m1/s1. The molecule has 1 aliphatic rings. The Hall–Kier alpha value is -1.75. The van der Waals surface area contributed by atoms with E-state index in [1.807, 2.05) is 24.3 Å². The molecule has 0 bridgehead atoms. The van der Waals surface area contributed by atoms with Crippen molar-refractivity contribution in [3.8, 4) is 5.75 Å². The van der Waals surface area contributed by atoms with Crippen LogP contribution in [0.4, 0.5) is 10.5 Å². The molecule has 0 spiro atoms. The molecule has 1 aromatic carbocycles. The quantitative estimate of drug-likeness (QED) is 0.805. The van der Waals surface area contributed by atoms with Crippen molar-refractivity contribution in [1.29, 1.82) is 0 Å². The van der Waals surface area contributed by atoms with Gasteiger partial charge in [-0.25, -0.2) is 4.79 Å². The van der Waals surface area contributed by atoms with Crippen LogP contribution in [0.1, 0.15) is 39.0 Å². The maximum absolute atomic E-state index is 12.3. The first-order valence-corrected chi connectivity index (χ1v) is 9.08. The molecule has 2 atom stereocenters. The van der Waals surface area contributed by atoms with Crippen LogP contribution in [0.3, 0.4) is 0 Å². The topological polar surface area (TPSA) is 52.0 Å². The van der Waals surface area contributed by atoms with E-state index in [2.05, 4.69) is 26.3 Å². The molecule has 1 aliphatic carbocycles. The van der Waals surface area contributed by atoms with Gasteiger partial charge in [-0.15, -0.1) is 0 Å². The molecule has 0 saturated heterocycles. The van der Waals surface area contributed by atoms with Crippen molar-refractivity contribution >= 4 is 11.8 Å². The Bertz CT molecular complexity index is 519. The first-order valence-electron chi connectivity index (χ1n) is 9.08. The number of nitrogens with one attached hydrogen (secondary N) is 2. The van der Waals surface area contributed by atoms with Gasteiger partial charge in [0.15, 0.2) is 0 Å². The molecule has 1 fully saturated rings. The maximum atomic E-state index is 12.3. The predicted octanol–water partition coefficient (Wildman–Crippen LogP) is 2.73. The smallest absolute Gasteiger partial charge is 0.412 e. The molecule has 0 unspecified atom stereocenters. The van der Waals surface area contributed by atoms with Gasteiger partial charge in [-0.05, 0) is 37.8 Å². The molecule has 5 nitrogen and oxygen atoms in total. The first-order chi connectivity index (χ1) is 11.6. The summed E-state index contributed by atoms with van der Waals surface area (Å²) in [5.74, 6) is 1.13. The summed E-state index contributed by atoms with van der Waals surface area (Å²) >= 11 is 0. The molecular formula is C19H31N2O3+. The summed E-state index contributed by atoms with van der Waals surface area (Å²) < 4.78 is 11.4. The third-order valence-corrected chi connectivity index (χ3v) is 4.35. The van der Waals surface area contributed by atoms with Crippen molar-refractivity contribution in [1.82, 2.24) is 0 Å². The molecular weight excluding hydrogens is 304 g/mol. The molecule has 0 radical (unpaired) electrons. The first kappa shape index (κ1) is 18.6. The number of rotatable bonds is 7. The average Bonchev–Trinajstić information content (AvgIpc) is 2.55. The number of quaternary nitrogens is 1. The molecule has 5 heteroatoms. The van der Waals surface area contributed by atoms with E-state index in [1.54, 1.807) is 0 Å². The van der Waals surface area contributed by atoms with Crippen molar-refractivity contribution in [2.24, 2.45) is 5.92 Å². The fourth-order valence-corrected chi connectivity index (χ4v) is 3.27. The van der Waals surface area contributed by atoms with Gasteiger partial charge in [0, 0.05) is 5.92 Å². The van der Waals surface area contributed by atoms with Crippen LogP contribution in [0, 0.1) is 5.92 Å². The highest BCUT2D eigenvalue weighted by Crippen LogP contribution is 2.28. The van der Waals surface area contributed by atoms with E-state index in [0.717, 1.165) is 32.2 Å². The second-order valence-electron chi connectivity index (χ2n) is 6.87. The molecule has 0 aliphatic heterocycles. The maximum Gasteiger partial charge on any atom is 0.412 e. The van der Waals surface area contributed by atoms with Gasteiger partial charge in [-0.3, -0.25) is 5.32 Å². The Labute approximate surface area is 145 Å². The van der Waals surface area contributed by atoms with Gasteiger partial charge >= 0.3 is 6.09 Å². The summed E-state index contributed by atoms with van der Waals surface area (Å²) in [4.78, 5) is 13.7. The summed E-state index contributed by atoms with van der Waals surface area (Å²) in [6, 6.07) is 7.49. The lowest BCUT2D eigenvalue weighted by molar-refractivity contribution is -0.862. The van der Waals surface area contributed by atoms with Crippen LogP contribution in [0.15, 0.2) is 24.3 Å². The van der Waals surface area contributed by atoms with Crippen molar-refractivity contribution in [3.63, 3.8) is 0 Å². The second kappa shape index (κ2) is 9.52. The average molecular weight is 335 g/mol. The Morgan fingerprint density at radius 3 is 2.75 bits per heavy atom. The summed E-state index contributed by atoms with van der Waals surface area (Å²) in [6.45, 7) is 3.72. The molecule has 134 valence electrons. The number of hydrogen-bond acceptors (Lipinski definition) is 3. The summed E-state index contributed by atoms with van der Waals surface area (Å²) in [6.07, 6.45) is 5.01. The molecule has 1 aromatic rings. The minimum Gasteiger partial charge on any atom is -0.491 e. The minimum absolute atomic E-state index is 0.0115. The van der Waals surface area contributed by atoms with Gasteiger partial charge in [-0.2, -0.15) is 0 Å². The van der Waals surface area contributed by atoms with E-state index in [0.29, 0.717) is 24.0 Å². The molecule has 0 aromatic heterocycles. The number of ether oxygens (including phenoxy) is 2. The Balaban J connectivity index is 1.94. The predicted molar refractivity (Wildman–Crippen MR) is 95.8 cm³/mol. The normalized spacial score (nSPS) is 20.7. The molecule has 0 heterocycles. The number of para-hydroxylation sites is 2. The van der Waals surface area contributed by atoms with Crippen molar-refractivity contribution in [2.45, 2.75) is 45.1 Å². The van der Waals surface area contributed by atoms with Crippen LogP contribution in [-0.4, -0.2) is 39.4 Å². The SMILES string of the molecule is CCCOc1ccccc1NC(=O)O[C@@H]1CCCC[C@@H]1C[NH+](C)C. The number of anilines is 1. The number of benzene rings is 1. The zero-order valence-corrected chi connectivity index (χ0v) is 15.1. The number of amides is 1. The lowest BCUT2D eigenvalue weighted by Crippen LogP contribution is -3.06. The molecule has 1 saturated carbocycles. The van der Waals surface area contributed by atoms with Gasteiger partial charge < -0.3 is 14.4 Å². The van der Waals surface area contributed by atoms with Crippen molar-refractivity contribution in [2.75, 3.05) is 32.6 Å². The monoisotopic (exact) mass is 335 g/mol. The fraction of sp³-hybridized carbons (Fsp3) is 0.632. The summed E-state index contributed by atoms with van der Waals surface area (Å²) in [7, 11) is 4.29. The van der Waals surface area contributed by atoms with Gasteiger partial charge in [0.25, 0.3) is 0 Å². The van der Waals surface area contributed by atoms with Crippen LogP contribution in [0.2, 0.25) is 0 Å². The van der Waals surface area contributed by atoms with Crippen LogP contribution in [0.5, 0.6) is 5.75 Å². The largest absolute Gasteiger partial charge is 0.491 e. The van der Waals surface area contributed by atoms with Crippen LogP contribution < -0.4 is 15.0 Å². The minimum atomic E-state index is -0.381. The van der Waals surface area contributed by atoms with Crippen molar-refractivity contribution < 1.29 is 19.2 Å². The number of hydrogen-bond donors (Lipinski definition) is 2. The zero-order valence-electron chi connectivity index (χ0n) is 15.1. The van der Waals surface area contributed by atoms with Crippen LogP contribution >= 0.6 is 0 Å². The molecule has 24 heavy (non-hydrogen) atoms. The van der Waals surface area contributed by atoms with E-state index < -0.39 is 0 Å². The Morgan fingerprint density at radius 2 is 2.00 bits per heavy atom. The Morgan fingerprint density at radius 1 is 1.25 bits per heavy atom. The van der Waals surface area contributed by atoms with Crippen LogP contribution in [0.25, 0.3) is 0 Å². The van der Waals surface area contributed by atoms with E-state index in [9.17, 15) is 4.79 Å². The van der Waals surface area contributed by atoms with Gasteiger partial charge in [0.05, 0.1) is 32.9 Å². The van der Waals surface area contributed by atoms with E-state index in [1.165, 1.54) is 11.3 Å². The van der Waals surface area contributed by atoms with E-state index in [4.69, 9.17) is 9.47 Å². The van der Waals surface area contributed by atoms with Crippen molar-refractivity contribution in [3.05, 3.63) is 24.3 Å². The number of carbonyl (C=O) groups is 1. The molecule has 2 N–H and O–H groups in total.